The first-order valence-corrected chi connectivity index (χ1v) is 5.25. The Morgan fingerprint density at radius 2 is 2.13 bits per heavy atom. The van der Waals surface area contributed by atoms with E-state index in [2.05, 4.69) is 34.1 Å². The number of anilines is 1. The Kier molecular flexibility index (Phi) is 2.10. The van der Waals surface area contributed by atoms with Crippen LogP contribution in [-0.2, 0) is 4.74 Å². The topological polar surface area (TPSA) is 28.3 Å². The zero-order valence-corrected chi connectivity index (χ0v) is 8.49. The molecule has 0 bridgehead atoms. The summed E-state index contributed by atoms with van der Waals surface area (Å²) in [6.07, 6.45) is 1.87. The highest BCUT2D eigenvalue weighted by Crippen LogP contribution is 2.25. The second-order valence-corrected chi connectivity index (χ2v) is 3.73. The number of rotatable bonds is 1. The summed E-state index contributed by atoms with van der Waals surface area (Å²) >= 11 is 0. The molecule has 0 unspecified atom stereocenters. The van der Waals surface area contributed by atoms with Crippen molar-refractivity contribution in [2.45, 2.75) is 0 Å². The molecule has 0 amide bonds. The van der Waals surface area contributed by atoms with E-state index in [4.69, 9.17) is 4.74 Å². The average Bonchev–Trinajstić information content (AvgIpc) is 2.78. The smallest absolute Gasteiger partial charge is 0.0642 e. The summed E-state index contributed by atoms with van der Waals surface area (Å²) in [5.74, 6) is 0. The maximum atomic E-state index is 5.36. The summed E-state index contributed by atoms with van der Waals surface area (Å²) in [5, 5.41) is 1.18. The molecule has 0 spiro atoms. The van der Waals surface area contributed by atoms with E-state index in [1.165, 1.54) is 11.1 Å². The van der Waals surface area contributed by atoms with Gasteiger partial charge in [-0.3, -0.25) is 0 Å². The monoisotopic (exact) mass is 201 g/mol. The molecule has 2 aromatic rings. The van der Waals surface area contributed by atoms with Crippen molar-refractivity contribution in [2.24, 2.45) is 0 Å². The van der Waals surface area contributed by atoms with Gasteiger partial charge in [0.15, 0.2) is 0 Å². The van der Waals surface area contributed by atoms with E-state index in [1.807, 2.05) is 6.20 Å². The lowest BCUT2D eigenvalue weighted by Gasteiger charge is -2.29. The van der Waals surface area contributed by atoms with Crippen molar-refractivity contribution < 1.29 is 4.74 Å². The number of hydrogen-bond donors (Lipinski definition) is 1. The molecule has 1 aromatic carbocycles. The van der Waals surface area contributed by atoms with Crippen LogP contribution < -0.4 is 4.90 Å². The van der Waals surface area contributed by atoms with Crippen LogP contribution in [0.5, 0.6) is 0 Å². The predicted molar refractivity (Wildman–Crippen MR) is 60.2 cm³/mol. The van der Waals surface area contributed by atoms with E-state index >= 15 is 0 Å². The number of nitrogens with one attached hydrogen (secondary N) is 1. The van der Waals surface area contributed by atoms with Crippen molar-refractivity contribution in [3.63, 3.8) is 0 Å². The summed E-state index contributed by atoms with van der Waals surface area (Å²) < 4.78 is 5.36. The van der Waals surface area contributed by atoms with Crippen LogP contribution in [0.4, 0.5) is 5.69 Å². The minimum atomic E-state index is 0.820. The molecule has 2 heterocycles. The molecule has 1 aliphatic heterocycles. The minimum absolute atomic E-state index is 0.820. The molecule has 1 aromatic heterocycles. The Bertz CT molecular complexity index is 457. The Morgan fingerprint density at radius 1 is 1.27 bits per heavy atom. The summed E-state index contributed by atoms with van der Waals surface area (Å²) in [5.41, 5.74) is 2.41. The first kappa shape index (κ1) is 8.80. The molecule has 3 nitrogen and oxygen atoms in total. The van der Waals surface area contributed by atoms with Gasteiger partial charge >= 0.3 is 0 Å². The highest BCUT2D eigenvalue weighted by Gasteiger charge is 2.13. The highest BCUT2D eigenvalue weighted by atomic mass is 16.5. The molecule has 0 saturated carbocycles. The molecule has 1 saturated heterocycles. The number of morpholine rings is 1. The normalized spacial score (nSPS) is 17.2. The Hall–Kier alpha value is -1.48. The van der Waals surface area contributed by atoms with E-state index in [-0.39, 0.29) is 0 Å². The van der Waals surface area contributed by atoms with Crippen LogP contribution in [0.1, 0.15) is 0 Å². The third kappa shape index (κ3) is 1.49. The SMILES string of the molecule is [c]1c[nH]c2cccc(N3CCOCC3)c12. The Balaban J connectivity index is 2.05. The molecular formula is C12H13N2O. The largest absolute Gasteiger partial charge is 0.378 e. The molecule has 1 N–H and O–H groups in total. The third-order valence-corrected chi connectivity index (χ3v) is 2.84. The fourth-order valence-corrected chi connectivity index (χ4v) is 2.07. The predicted octanol–water partition coefficient (Wildman–Crippen LogP) is 1.80. The average molecular weight is 201 g/mol. The second-order valence-electron chi connectivity index (χ2n) is 3.73. The number of fused-ring (bicyclic) bond motifs is 1. The van der Waals surface area contributed by atoms with E-state index in [0.717, 1.165) is 31.8 Å². The third-order valence-electron chi connectivity index (χ3n) is 2.84. The molecule has 1 fully saturated rings. The van der Waals surface area contributed by atoms with Gasteiger partial charge in [0.1, 0.15) is 0 Å². The zero-order chi connectivity index (χ0) is 10.1. The van der Waals surface area contributed by atoms with Gasteiger partial charge in [0, 0.05) is 41.9 Å². The van der Waals surface area contributed by atoms with Crippen molar-refractivity contribution in [3.8, 4) is 0 Å². The second kappa shape index (κ2) is 3.59. The number of ether oxygens (including phenoxy) is 1. The van der Waals surface area contributed by atoms with Crippen molar-refractivity contribution >= 4 is 16.6 Å². The molecule has 15 heavy (non-hydrogen) atoms. The maximum Gasteiger partial charge on any atom is 0.0642 e. The lowest BCUT2D eigenvalue weighted by molar-refractivity contribution is 0.123. The van der Waals surface area contributed by atoms with Crippen LogP contribution in [-0.4, -0.2) is 31.3 Å². The van der Waals surface area contributed by atoms with Gasteiger partial charge in [-0.1, -0.05) is 6.07 Å². The minimum Gasteiger partial charge on any atom is -0.378 e. The van der Waals surface area contributed by atoms with Crippen LogP contribution >= 0.6 is 0 Å². The molecule has 3 rings (SSSR count). The first-order valence-electron chi connectivity index (χ1n) is 5.25. The van der Waals surface area contributed by atoms with Crippen LogP contribution in [0, 0.1) is 6.07 Å². The fourth-order valence-electron chi connectivity index (χ4n) is 2.07. The van der Waals surface area contributed by atoms with Crippen LogP contribution in [0.3, 0.4) is 0 Å². The van der Waals surface area contributed by atoms with Gasteiger partial charge in [0.2, 0.25) is 0 Å². The standard InChI is InChI=1S/C12H13N2O/c1-2-11-10(4-5-13-11)12(3-1)14-6-8-15-9-7-14/h1-3,5,13H,6-9H2. The lowest BCUT2D eigenvalue weighted by atomic mass is 10.2. The van der Waals surface area contributed by atoms with Crippen LogP contribution in [0.2, 0.25) is 0 Å². The first-order chi connectivity index (χ1) is 7.45. The van der Waals surface area contributed by atoms with E-state index < -0.39 is 0 Å². The maximum absolute atomic E-state index is 5.36. The van der Waals surface area contributed by atoms with Gasteiger partial charge in [0.05, 0.1) is 13.2 Å². The molecular weight excluding hydrogens is 188 g/mol. The molecule has 1 radical (unpaired) electrons. The van der Waals surface area contributed by atoms with E-state index in [9.17, 15) is 0 Å². The van der Waals surface area contributed by atoms with Crippen molar-refractivity contribution in [1.29, 1.82) is 0 Å². The lowest BCUT2D eigenvalue weighted by Crippen LogP contribution is -2.36. The van der Waals surface area contributed by atoms with Gasteiger partial charge in [-0.2, -0.15) is 0 Å². The molecule has 3 heteroatoms. The summed E-state index contributed by atoms with van der Waals surface area (Å²) in [7, 11) is 0. The number of nitrogens with zero attached hydrogens (tertiary/aromatic N) is 1. The van der Waals surface area contributed by atoms with E-state index in [1.54, 1.807) is 0 Å². The Labute approximate surface area is 88.6 Å². The molecule has 1 aliphatic rings. The van der Waals surface area contributed by atoms with E-state index in [0.29, 0.717) is 0 Å². The summed E-state index contributed by atoms with van der Waals surface area (Å²) in [4.78, 5) is 5.54. The number of benzene rings is 1. The zero-order valence-electron chi connectivity index (χ0n) is 8.49. The summed E-state index contributed by atoms with van der Waals surface area (Å²) in [6.45, 7) is 3.58. The van der Waals surface area contributed by atoms with Crippen molar-refractivity contribution in [2.75, 3.05) is 31.2 Å². The molecule has 0 atom stereocenters. The number of aromatic amines is 1. The van der Waals surface area contributed by atoms with Gasteiger partial charge in [-0.15, -0.1) is 0 Å². The van der Waals surface area contributed by atoms with Crippen molar-refractivity contribution in [3.05, 3.63) is 30.5 Å². The fraction of sp³-hybridized carbons (Fsp3) is 0.333. The van der Waals surface area contributed by atoms with Gasteiger partial charge in [0.25, 0.3) is 0 Å². The van der Waals surface area contributed by atoms with Crippen LogP contribution in [0.25, 0.3) is 10.9 Å². The molecule has 77 valence electrons. The van der Waals surface area contributed by atoms with Crippen molar-refractivity contribution in [1.82, 2.24) is 4.98 Å². The Morgan fingerprint density at radius 3 is 3.00 bits per heavy atom. The number of aromatic nitrogens is 1. The van der Waals surface area contributed by atoms with Crippen LogP contribution in [0.15, 0.2) is 24.4 Å². The van der Waals surface area contributed by atoms with Gasteiger partial charge < -0.3 is 14.6 Å². The molecule has 0 aliphatic carbocycles. The van der Waals surface area contributed by atoms with Gasteiger partial charge in [-0.25, -0.2) is 0 Å². The highest BCUT2D eigenvalue weighted by molar-refractivity contribution is 5.91. The number of hydrogen-bond acceptors (Lipinski definition) is 2. The quantitative estimate of drug-likeness (QED) is 0.762. The number of H-pyrrole nitrogens is 1. The van der Waals surface area contributed by atoms with Gasteiger partial charge in [-0.05, 0) is 12.1 Å². The summed E-state index contributed by atoms with van der Waals surface area (Å²) in [6, 6.07) is 9.56.